The van der Waals surface area contributed by atoms with Gasteiger partial charge in [-0.05, 0) is 31.6 Å². The summed E-state index contributed by atoms with van der Waals surface area (Å²) in [5, 5.41) is 2.93. The standard InChI is InChI=1S/C12H26N2OS/c1-3-4-11(7-8-13)5-6-12(15)14-9-10-16-2/h11H,3-10,13H2,1-2H3,(H,14,15). The van der Waals surface area contributed by atoms with Crippen molar-refractivity contribution in [3.05, 3.63) is 0 Å². The third-order valence-electron chi connectivity index (χ3n) is 2.68. The van der Waals surface area contributed by atoms with E-state index < -0.39 is 0 Å². The van der Waals surface area contributed by atoms with Crippen molar-refractivity contribution in [3.63, 3.8) is 0 Å². The summed E-state index contributed by atoms with van der Waals surface area (Å²) in [6, 6.07) is 0. The lowest BCUT2D eigenvalue weighted by molar-refractivity contribution is -0.121. The first-order chi connectivity index (χ1) is 7.74. The van der Waals surface area contributed by atoms with Crippen LogP contribution in [0.15, 0.2) is 0 Å². The minimum absolute atomic E-state index is 0.187. The van der Waals surface area contributed by atoms with Crippen molar-refractivity contribution >= 4 is 17.7 Å². The van der Waals surface area contributed by atoms with Crippen LogP contribution in [0.1, 0.15) is 39.0 Å². The summed E-state index contributed by atoms with van der Waals surface area (Å²) in [5.41, 5.74) is 5.56. The zero-order valence-corrected chi connectivity index (χ0v) is 11.4. The summed E-state index contributed by atoms with van der Waals surface area (Å²) in [7, 11) is 0. The van der Waals surface area contributed by atoms with Crippen LogP contribution in [-0.2, 0) is 4.79 Å². The zero-order valence-electron chi connectivity index (χ0n) is 10.6. The summed E-state index contributed by atoms with van der Waals surface area (Å²) in [4.78, 5) is 11.5. The van der Waals surface area contributed by atoms with E-state index in [2.05, 4.69) is 12.2 Å². The molecule has 0 saturated carbocycles. The van der Waals surface area contributed by atoms with E-state index in [0.29, 0.717) is 12.3 Å². The van der Waals surface area contributed by atoms with E-state index in [1.54, 1.807) is 11.8 Å². The molecule has 0 spiro atoms. The van der Waals surface area contributed by atoms with Gasteiger partial charge in [-0.15, -0.1) is 0 Å². The first-order valence-corrected chi connectivity index (χ1v) is 7.59. The number of hydrogen-bond donors (Lipinski definition) is 2. The summed E-state index contributed by atoms with van der Waals surface area (Å²) >= 11 is 1.75. The fourth-order valence-corrected chi connectivity index (χ4v) is 2.10. The third kappa shape index (κ3) is 9.04. The smallest absolute Gasteiger partial charge is 0.220 e. The molecule has 0 aromatic rings. The number of rotatable bonds is 10. The van der Waals surface area contributed by atoms with Gasteiger partial charge in [-0.1, -0.05) is 19.8 Å². The first-order valence-electron chi connectivity index (χ1n) is 6.20. The Bertz CT molecular complexity index is 170. The molecule has 1 atom stereocenters. The monoisotopic (exact) mass is 246 g/mol. The summed E-state index contributed by atoms with van der Waals surface area (Å²) in [6.07, 6.45) is 7.10. The lowest BCUT2D eigenvalue weighted by Crippen LogP contribution is -2.26. The molecular weight excluding hydrogens is 220 g/mol. The molecular formula is C12H26N2OS. The van der Waals surface area contributed by atoms with Crippen molar-refractivity contribution < 1.29 is 4.79 Å². The van der Waals surface area contributed by atoms with Crippen LogP contribution >= 0.6 is 11.8 Å². The van der Waals surface area contributed by atoms with Crippen LogP contribution in [-0.4, -0.2) is 31.0 Å². The number of hydrogen-bond acceptors (Lipinski definition) is 3. The molecule has 0 aromatic heterocycles. The normalized spacial score (nSPS) is 12.4. The molecule has 0 fully saturated rings. The second kappa shape index (κ2) is 11.3. The van der Waals surface area contributed by atoms with Crippen LogP contribution in [0.25, 0.3) is 0 Å². The van der Waals surface area contributed by atoms with Crippen molar-refractivity contribution in [2.24, 2.45) is 11.7 Å². The van der Waals surface area contributed by atoms with Gasteiger partial charge in [-0.2, -0.15) is 11.8 Å². The molecule has 3 nitrogen and oxygen atoms in total. The topological polar surface area (TPSA) is 55.1 Å². The number of thioether (sulfide) groups is 1. The minimum Gasteiger partial charge on any atom is -0.355 e. The maximum atomic E-state index is 11.5. The van der Waals surface area contributed by atoms with E-state index in [4.69, 9.17) is 5.73 Å². The number of carbonyl (C=O) groups is 1. The molecule has 96 valence electrons. The fraction of sp³-hybridized carbons (Fsp3) is 0.917. The van der Waals surface area contributed by atoms with Gasteiger partial charge in [-0.25, -0.2) is 0 Å². The number of nitrogens with one attached hydrogen (secondary N) is 1. The van der Waals surface area contributed by atoms with Gasteiger partial charge in [-0.3, -0.25) is 4.79 Å². The van der Waals surface area contributed by atoms with Gasteiger partial charge < -0.3 is 11.1 Å². The van der Waals surface area contributed by atoms with Crippen molar-refractivity contribution in [3.8, 4) is 0 Å². The van der Waals surface area contributed by atoms with Gasteiger partial charge in [0.25, 0.3) is 0 Å². The summed E-state index contributed by atoms with van der Waals surface area (Å²) in [5.74, 6) is 1.81. The predicted octanol–water partition coefficient (Wildman–Crippen LogP) is 2.01. The Morgan fingerprint density at radius 3 is 2.69 bits per heavy atom. The average molecular weight is 246 g/mol. The summed E-state index contributed by atoms with van der Waals surface area (Å²) in [6.45, 7) is 3.70. The third-order valence-corrected chi connectivity index (χ3v) is 3.29. The van der Waals surface area contributed by atoms with Gasteiger partial charge in [0.15, 0.2) is 0 Å². The Morgan fingerprint density at radius 1 is 1.38 bits per heavy atom. The highest BCUT2D eigenvalue weighted by Crippen LogP contribution is 2.16. The quantitative estimate of drug-likeness (QED) is 0.580. The van der Waals surface area contributed by atoms with Crippen LogP contribution in [0, 0.1) is 5.92 Å². The molecule has 0 bridgehead atoms. The van der Waals surface area contributed by atoms with E-state index in [1.807, 2.05) is 6.26 Å². The molecule has 1 amide bonds. The molecule has 16 heavy (non-hydrogen) atoms. The maximum Gasteiger partial charge on any atom is 0.220 e. The SMILES string of the molecule is CCCC(CCN)CCC(=O)NCCSC. The Morgan fingerprint density at radius 2 is 2.12 bits per heavy atom. The molecule has 0 aliphatic rings. The van der Waals surface area contributed by atoms with Crippen LogP contribution in [0.4, 0.5) is 0 Å². The van der Waals surface area contributed by atoms with Crippen molar-refractivity contribution in [2.75, 3.05) is 25.1 Å². The average Bonchev–Trinajstić information content (AvgIpc) is 2.27. The second-order valence-electron chi connectivity index (χ2n) is 4.11. The highest BCUT2D eigenvalue weighted by atomic mass is 32.2. The lowest BCUT2D eigenvalue weighted by atomic mass is 9.94. The zero-order chi connectivity index (χ0) is 12.2. The molecule has 0 heterocycles. The van der Waals surface area contributed by atoms with Gasteiger partial charge in [0.1, 0.15) is 0 Å². The van der Waals surface area contributed by atoms with Crippen LogP contribution in [0.5, 0.6) is 0 Å². The van der Waals surface area contributed by atoms with Crippen LogP contribution < -0.4 is 11.1 Å². The van der Waals surface area contributed by atoms with Gasteiger partial charge in [0.05, 0.1) is 0 Å². The number of carbonyl (C=O) groups excluding carboxylic acids is 1. The fourth-order valence-electron chi connectivity index (χ4n) is 1.79. The Labute approximate surface area is 104 Å². The van der Waals surface area contributed by atoms with E-state index >= 15 is 0 Å². The van der Waals surface area contributed by atoms with Gasteiger partial charge >= 0.3 is 0 Å². The van der Waals surface area contributed by atoms with Crippen LogP contribution in [0.2, 0.25) is 0 Å². The molecule has 1 unspecified atom stereocenters. The highest BCUT2D eigenvalue weighted by molar-refractivity contribution is 7.98. The largest absolute Gasteiger partial charge is 0.355 e. The first kappa shape index (κ1) is 15.8. The molecule has 0 radical (unpaired) electrons. The Kier molecular flexibility index (Phi) is 11.1. The predicted molar refractivity (Wildman–Crippen MR) is 72.7 cm³/mol. The molecule has 3 N–H and O–H groups in total. The lowest BCUT2D eigenvalue weighted by Gasteiger charge is -2.14. The summed E-state index contributed by atoms with van der Waals surface area (Å²) < 4.78 is 0. The second-order valence-corrected chi connectivity index (χ2v) is 5.10. The molecule has 0 rings (SSSR count). The Hall–Kier alpha value is -0.220. The van der Waals surface area contributed by atoms with E-state index in [1.165, 1.54) is 12.8 Å². The maximum absolute atomic E-state index is 11.5. The van der Waals surface area contributed by atoms with Gasteiger partial charge in [0.2, 0.25) is 5.91 Å². The van der Waals surface area contributed by atoms with E-state index in [-0.39, 0.29) is 5.91 Å². The van der Waals surface area contributed by atoms with Crippen LogP contribution in [0.3, 0.4) is 0 Å². The molecule has 0 saturated heterocycles. The molecule has 0 aliphatic carbocycles. The Balaban J connectivity index is 3.60. The highest BCUT2D eigenvalue weighted by Gasteiger charge is 2.09. The van der Waals surface area contributed by atoms with Crippen molar-refractivity contribution in [2.45, 2.75) is 39.0 Å². The van der Waals surface area contributed by atoms with E-state index in [9.17, 15) is 4.79 Å². The van der Waals surface area contributed by atoms with E-state index in [0.717, 1.165) is 31.7 Å². The molecule has 0 aliphatic heterocycles. The molecule has 0 aromatic carbocycles. The number of amides is 1. The molecule has 4 heteroatoms. The van der Waals surface area contributed by atoms with Crippen molar-refractivity contribution in [1.29, 1.82) is 0 Å². The minimum atomic E-state index is 0.187. The van der Waals surface area contributed by atoms with Crippen molar-refractivity contribution in [1.82, 2.24) is 5.32 Å². The number of nitrogens with two attached hydrogens (primary N) is 1. The van der Waals surface area contributed by atoms with Gasteiger partial charge in [0, 0.05) is 18.7 Å².